The summed E-state index contributed by atoms with van der Waals surface area (Å²) in [5, 5.41) is 12.3. The van der Waals surface area contributed by atoms with Crippen LogP contribution in [0.25, 0.3) is 6.08 Å². The normalized spacial score (nSPS) is 16.7. The highest BCUT2D eigenvalue weighted by Gasteiger charge is 2.32. The number of carbonyl (C=O) groups is 4. The molecular weight excluding hydrogens is 292 g/mol. The molecule has 1 heterocycles. The van der Waals surface area contributed by atoms with Gasteiger partial charge in [-0.15, -0.1) is 0 Å². The molecule has 1 N–H and O–H groups in total. The van der Waals surface area contributed by atoms with Gasteiger partial charge in [0.25, 0.3) is 11.8 Å². The molecule has 0 radical (unpaired) electrons. The SMILES string of the molecule is CN1C(=O)NC(=O)C(=Cc2ccc(OCC(=O)[O-])cc2)C1=O. The summed E-state index contributed by atoms with van der Waals surface area (Å²) in [7, 11) is 1.26. The summed E-state index contributed by atoms with van der Waals surface area (Å²) in [6.07, 6.45) is 1.32. The molecule has 0 spiro atoms. The fourth-order valence-electron chi connectivity index (χ4n) is 1.71. The van der Waals surface area contributed by atoms with Gasteiger partial charge >= 0.3 is 6.03 Å². The summed E-state index contributed by atoms with van der Waals surface area (Å²) < 4.78 is 4.90. The van der Waals surface area contributed by atoms with Gasteiger partial charge in [0, 0.05) is 7.05 Å². The number of hydrogen-bond acceptors (Lipinski definition) is 6. The second-order valence-corrected chi connectivity index (χ2v) is 4.41. The van der Waals surface area contributed by atoms with Crippen LogP contribution in [0.3, 0.4) is 0 Å². The van der Waals surface area contributed by atoms with Crippen molar-refractivity contribution in [2.24, 2.45) is 0 Å². The standard InChI is InChI=1S/C14H12N2O6/c1-16-13(20)10(12(19)15-14(16)21)6-8-2-4-9(5-3-8)22-7-11(17)18/h2-6H,7H2,1H3,(H,17,18)(H,15,19,21)/p-1. The zero-order chi connectivity index (χ0) is 16.3. The van der Waals surface area contributed by atoms with Crippen molar-refractivity contribution in [2.75, 3.05) is 13.7 Å². The monoisotopic (exact) mass is 303 g/mol. The lowest BCUT2D eigenvalue weighted by Crippen LogP contribution is -2.52. The van der Waals surface area contributed by atoms with Crippen molar-refractivity contribution >= 4 is 29.9 Å². The number of imide groups is 2. The van der Waals surface area contributed by atoms with Gasteiger partial charge in [0.15, 0.2) is 0 Å². The molecule has 2 rings (SSSR count). The van der Waals surface area contributed by atoms with Crippen molar-refractivity contribution < 1.29 is 29.0 Å². The van der Waals surface area contributed by atoms with Gasteiger partial charge in [-0.05, 0) is 23.8 Å². The fourth-order valence-corrected chi connectivity index (χ4v) is 1.71. The van der Waals surface area contributed by atoms with Gasteiger partial charge in [0.1, 0.15) is 17.9 Å². The Kier molecular flexibility index (Phi) is 4.21. The summed E-state index contributed by atoms with van der Waals surface area (Å²) in [4.78, 5) is 45.9. The van der Waals surface area contributed by atoms with E-state index in [0.29, 0.717) is 11.3 Å². The second-order valence-electron chi connectivity index (χ2n) is 4.41. The maximum absolute atomic E-state index is 11.9. The first-order valence-corrected chi connectivity index (χ1v) is 6.16. The van der Waals surface area contributed by atoms with Crippen molar-refractivity contribution in [2.45, 2.75) is 0 Å². The van der Waals surface area contributed by atoms with Crippen LogP contribution in [0.1, 0.15) is 5.56 Å². The van der Waals surface area contributed by atoms with E-state index < -0.39 is 30.4 Å². The summed E-state index contributed by atoms with van der Waals surface area (Å²) >= 11 is 0. The molecule has 1 aliphatic rings. The van der Waals surface area contributed by atoms with E-state index in [-0.39, 0.29) is 5.57 Å². The van der Waals surface area contributed by atoms with Crippen LogP contribution in [0, 0.1) is 0 Å². The zero-order valence-corrected chi connectivity index (χ0v) is 11.5. The lowest BCUT2D eigenvalue weighted by molar-refractivity contribution is -0.307. The number of aliphatic carboxylic acids is 1. The summed E-state index contributed by atoms with van der Waals surface area (Å²) in [6, 6.07) is 5.26. The lowest BCUT2D eigenvalue weighted by atomic mass is 10.1. The third kappa shape index (κ3) is 3.29. The zero-order valence-electron chi connectivity index (χ0n) is 11.5. The molecular formula is C14H11N2O6-. The molecule has 8 heteroatoms. The maximum atomic E-state index is 11.9. The number of barbiturate groups is 1. The number of carboxylic acid groups (broad SMARTS) is 1. The van der Waals surface area contributed by atoms with E-state index in [4.69, 9.17) is 4.74 Å². The predicted molar refractivity (Wildman–Crippen MR) is 71.2 cm³/mol. The molecule has 0 atom stereocenters. The Bertz CT molecular complexity index is 677. The van der Waals surface area contributed by atoms with Crippen LogP contribution in [-0.4, -0.2) is 42.4 Å². The minimum Gasteiger partial charge on any atom is -0.546 e. The van der Waals surface area contributed by atoms with Crippen molar-refractivity contribution in [1.82, 2.24) is 10.2 Å². The Hall–Kier alpha value is -3.16. The highest BCUT2D eigenvalue weighted by atomic mass is 16.5. The first kappa shape index (κ1) is 15.2. The molecule has 1 aromatic carbocycles. The van der Waals surface area contributed by atoms with Crippen LogP contribution in [-0.2, 0) is 14.4 Å². The van der Waals surface area contributed by atoms with Gasteiger partial charge in [-0.25, -0.2) is 4.79 Å². The molecule has 8 nitrogen and oxygen atoms in total. The number of carbonyl (C=O) groups excluding carboxylic acids is 4. The van der Waals surface area contributed by atoms with Crippen molar-refractivity contribution in [3.05, 3.63) is 35.4 Å². The van der Waals surface area contributed by atoms with E-state index in [1.54, 1.807) is 0 Å². The van der Waals surface area contributed by atoms with E-state index in [0.717, 1.165) is 4.90 Å². The van der Waals surface area contributed by atoms with Gasteiger partial charge in [-0.2, -0.15) is 0 Å². The summed E-state index contributed by atoms with van der Waals surface area (Å²) in [5.41, 5.74) is 0.340. The molecule has 0 saturated carbocycles. The van der Waals surface area contributed by atoms with Gasteiger partial charge in [-0.1, -0.05) is 12.1 Å². The van der Waals surface area contributed by atoms with Crippen LogP contribution >= 0.6 is 0 Å². The van der Waals surface area contributed by atoms with Crippen molar-refractivity contribution in [3.8, 4) is 5.75 Å². The topological polar surface area (TPSA) is 116 Å². The molecule has 114 valence electrons. The molecule has 0 unspecified atom stereocenters. The number of urea groups is 1. The van der Waals surface area contributed by atoms with E-state index >= 15 is 0 Å². The van der Waals surface area contributed by atoms with Crippen molar-refractivity contribution in [1.29, 1.82) is 0 Å². The van der Waals surface area contributed by atoms with Crippen LogP contribution in [0.2, 0.25) is 0 Å². The highest BCUT2D eigenvalue weighted by Crippen LogP contribution is 2.17. The Morgan fingerprint density at radius 1 is 1.27 bits per heavy atom. The first-order chi connectivity index (χ1) is 10.4. The summed E-state index contributed by atoms with van der Waals surface area (Å²) in [6.45, 7) is -0.575. The van der Waals surface area contributed by atoms with Gasteiger partial charge in [-0.3, -0.25) is 19.8 Å². The number of benzene rings is 1. The molecule has 1 aliphatic heterocycles. The summed E-state index contributed by atoms with van der Waals surface area (Å²) in [5.74, 6) is -2.52. The minimum absolute atomic E-state index is 0.175. The number of likely N-dealkylation sites (N-methyl/N-ethyl adjacent to an activating group) is 1. The third-order valence-electron chi connectivity index (χ3n) is 2.85. The number of rotatable bonds is 4. The van der Waals surface area contributed by atoms with E-state index in [2.05, 4.69) is 0 Å². The van der Waals surface area contributed by atoms with Crippen molar-refractivity contribution in [3.63, 3.8) is 0 Å². The number of nitrogens with one attached hydrogen (secondary N) is 1. The average molecular weight is 303 g/mol. The number of carboxylic acids is 1. The van der Waals surface area contributed by atoms with Gasteiger partial charge in [0.2, 0.25) is 0 Å². The Labute approximate surface area is 125 Å². The van der Waals surface area contributed by atoms with Crippen LogP contribution in [0.4, 0.5) is 4.79 Å². The Morgan fingerprint density at radius 2 is 1.91 bits per heavy atom. The first-order valence-electron chi connectivity index (χ1n) is 6.16. The quantitative estimate of drug-likeness (QED) is 0.558. The molecule has 4 amide bonds. The third-order valence-corrected chi connectivity index (χ3v) is 2.85. The van der Waals surface area contributed by atoms with Crippen LogP contribution in [0.5, 0.6) is 5.75 Å². The Morgan fingerprint density at radius 3 is 2.50 bits per heavy atom. The highest BCUT2D eigenvalue weighted by molar-refractivity contribution is 6.30. The number of ether oxygens (including phenoxy) is 1. The predicted octanol–water partition coefficient (Wildman–Crippen LogP) is -1.09. The molecule has 22 heavy (non-hydrogen) atoms. The maximum Gasteiger partial charge on any atom is 0.331 e. The van der Waals surface area contributed by atoms with Crippen LogP contribution < -0.4 is 15.2 Å². The van der Waals surface area contributed by atoms with E-state index in [9.17, 15) is 24.3 Å². The fraction of sp³-hybridized carbons (Fsp3) is 0.143. The average Bonchev–Trinajstić information content (AvgIpc) is 2.48. The van der Waals surface area contributed by atoms with Gasteiger partial charge < -0.3 is 14.6 Å². The molecule has 1 aromatic rings. The molecule has 0 bridgehead atoms. The molecule has 1 fully saturated rings. The van der Waals surface area contributed by atoms with Crippen LogP contribution in [0.15, 0.2) is 29.8 Å². The van der Waals surface area contributed by atoms with Gasteiger partial charge in [0.05, 0.1) is 5.97 Å². The minimum atomic E-state index is -1.34. The number of amides is 4. The van der Waals surface area contributed by atoms with E-state index in [1.165, 1.54) is 37.4 Å². The lowest BCUT2D eigenvalue weighted by Gasteiger charge is -2.22. The molecule has 1 saturated heterocycles. The number of nitrogens with zero attached hydrogens (tertiary/aromatic N) is 1. The van der Waals surface area contributed by atoms with E-state index in [1.807, 2.05) is 5.32 Å². The smallest absolute Gasteiger partial charge is 0.331 e. The second kappa shape index (κ2) is 6.08. The Balaban J connectivity index is 2.18. The largest absolute Gasteiger partial charge is 0.546 e. The molecule has 0 aliphatic carbocycles. The molecule has 0 aromatic heterocycles. The number of hydrogen-bond donors (Lipinski definition) is 1.